The third kappa shape index (κ3) is 4.23. The van der Waals surface area contributed by atoms with Crippen LogP contribution in [0.4, 0.5) is 5.69 Å². The van der Waals surface area contributed by atoms with Gasteiger partial charge in [-0.3, -0.25) is 0 Å². The Labute approximate surface area is 125 Å². The number of pyridine rings is 1. The molecule has 2 heterocycles. The summed E-state index contributed by atoms with van der Waals surface area (Å²) in [6.45, 7) is 5.83. The first-order valence-electron chi connectivity index (χ1n) is 5.74. The van der Waals surface area contributed by atoms with Crippen molar-refractivity contribution in [2.24, 2.45) is 0 Å². The fourth-order valence-corrected chi connectivity index (χ4v) is 2.01. The number of rotatable bonds is 2. The number of methoxy groups -OCH3 is 1. The van der Waals surface area contributed by atoms with E-state index in [1.54, 1.807) is 6.07 Å². The normalized spacial score (nSPS) is 14.1. The van der Waals surface area contributed by atoms with E-state index in [0.717, 1.165) is 37.6 Å². The fraction of sp³-hybridized carbons (Fsp3) is 0.500. The van der Waals surface area contributed by atoms with Crippen LogP contribution in [0.1, 0.15) is 16.2 Å². The zero-order chi connectivity index (χ0) is 12.3. The molecule has 0 aliphatic carbocycles. The minimum Gasteiger partial charge on any atom is -0.464 e. The Balaban J connectivity index is 0.00000162. The number of carbonyl (C=O) groups excluding carboxylic acids is 1. The Morgan fingerprint density at radius 1 is 1.32 bits per heavy atom. The van der Waals surface area contributed by atoms with Gasteiger partial charge in [0, 0.05) is 26.2 Å². The molecule has 1 aliphatic heterocycles. The van der Waals surface area contributed by atoms with Gasteiger partial charge in [-0.15, -0.1) is 24.8 Å². The van der Waals surface area contributed by atoms with Crippen LogP contribution in [0.2, 0.25) is 0 Å². The number of aryl methyl sites for hydroxylation is 1. The van der Waals surface area contributed by atoms with Crippen molar-refractivity contribution >= 4 is 36.5 Å². The van der Waals surface area contributed by atoms with E-state index in [0.29, 0.717) is 5.69 Å². The number of nitrogens with one attached hydrogen (secondary N) is 1. The van der Waals surface area contributed by atoms with Crippen LogP contribution in [-0.4, -0.2) is 44.2 Å². The number of carbonyl (C=O) groups is 1. The van der Waals surface area contributed by atoms with Gasteiger partial charge in [-0.2, -0.15) is 0 Å². The molecule has 0 unspecified atom stereocenters. The second kappa shape index (κ2) is 8.19. The maximum atomic E-state index is 11.3. The van der Waals surface area contributed by atoms with Crippen molar-refractivity contribution < 1.29 is 9.53 Å². The summed E-state index contributed by atoms with van der Waals surface area (Å²) in [6, 6.07) is 3.66. The zero-order valence-corrected chi connectivity index (χ0v) is 12.6. The van der Waals surface area contributed by atoms with Gasteiger partial charge in [0.05, 0.1) is 18.5 Å². The number of aromatic nitrogens is 1. The molecule has 0 amide bonds. The summed E-state index contributed by atoms with van der Waals surface area (Å²) in [6.07, 6.45) is 0. The highest BCUT2D eigenvalue weighted by atomic mass is 35.5. The van der Waals surface area contributed by atoms with Gasteiger partial charge in [0.2, 0.25) is 0 Å². The molecule has 7 heteroatoms. The van der Waals surface area contributed by atoms with Crippen molar-refractivity contribution in [1.82, 2.24) is 10.3 Å². The molecule has 1 aromatic rings. The Morgan fingerprint density at radius 3 is 2.47 bits per heavy atom. The van der Waals surface area contributed by atoms with Crippen LogP contribution in [0.15, 0.2) is 12.1 Å². The first kappa shape index (κ1) is 18.0. The van der Waals surface area contributed by atoms with Gasteiger partial charge in [-0.25, -0.2) is 9.78 Å². The van der Waals surface area contributed by atoms with Crippen molar-refractivity contribution in [3.05, 3.63) is 23.5 Å². The molecule has 0 bridgehead atoms. The first-order valence-corrected chi connectivity index (χ1v) is 5.74. The highest BCUT2D eigenvalue weighted by Gasteiger charge is 2.15. The van der Waals surface area contributed by atoms with E-state index in [-0.39, 0.29) is 30.8 Å². The lowest BCUT2D eigenvalue weighted by atomic mass is 10.2. The molecule has 0 atom stereocenters. The molecule has 19 heavy (non-hydrogen) atoms. The Bertz CT molecular complexity index is 423. The van der Waals surface area contributed by atoms with Crippen molar-refractivity contribution in [3.63, 3.8) is 0 Å². The minimum absolute atomic E-state index is 0. The first-order chi connectivity index (χ1) is 8.22. The number of piperazine rings is 1. The van der Waals surface area contributed by atoms with Crippen LogP contribution in [0.5, 0.6) is 0 Å². The lowest BCUT2D eigenvalue weighted by Gasteiger charge is -2.30. The maximum Gasteiger partial charge on any atom is 0.356 e. The predicted octanol–water partition coefficient (Wildman–Crippen LogP) is 1.43. The molecule has 2 rings (SSSR count). The summed E-state index contributed by atoms with van der Waals surface area (Å²) in [5, 5.41) is 3.31. The topological polar surface area (TPSA) is 54.5 Å². The molecular formula is C12H19Cl2N3O2. The monoisotopic (exact) mass is 307 g/mol. The molecule has 0 aromatic carbocycles. The van der Waals surface area contributed by atoms with E-state index >= 15 is 0 Å². The minimum atomic E-state index is -0.389. The third-order valence-electron chi connectivity index (χ3n) is 2.91. The average molecular weight is 308 g/mol. The Morgan fingerprint density at radius 2 is 1.95 bits per heavy atom. The molecule has 1 aromatic heterocycles. The highest BCUT2D eigenvalue weighted by molar-refractivity contribution is 5.87. The molecule has 1 fully saturated rings. The van der Waals surface area contributed by atoms with Crippen LogP contribution >= 0.6 is 24.8 Å². The van der Waals surface area contributed by atoms with Crippen molar-refractivity contribution in [1.29, 1.82) is 0 Å². The smallest absolute Gasteiger partial charge is 0.356 e. The summed E-state index contributed by atoms with van der Waals surface area (Å²) in [4.78, 5) is 17.9. The molecule has 1 N–H and O–H groups in total. The number of halogens is 2. The Hall–Kier alpha value is -1.04. The average Bonchev–Trinajstić information content (AvgIpc) is 2.38. The van der Waals surface area contributed by atoms with Crippen LogP contribution in [0.3, 0.4) is 0 Å². The van der Waals surface area contributed by atoms with E-state index in [1.165, 1.54) is 7.11 Å². The molecule has 5 nitrogen and oxygen atoms in total. The van der Waals surface area contributed by atoms with Gasteiger partial charge in [0.25, 0.3) is 0 Å². The van der Waals surface area contributed by atoms with E-state index in [2.05, 4.69) is 19.9 Å². The van der Waals surface area contributed by atoms with Gasteiger partial charge < -0.3 is 15.0 Å². The molecule has 0 radical (unpaired) electrons. The predicted molar refractivity (Wildman–Crippen MR) is 79.9 cm³/mol. The number of anilines is 1. The second-order valence-electron chi connectivity index (χ2n) is 4.03. The molecule has 1 aliphatic rings. The van der Waals surface area contributed by atoms with Crippen LogP contribution < -0.4 is 10.2 Å². The van der Waals surface area contributed by atoms with Crippen molar-refractivity contribution in [3.8, 4) is 0 Å². The highest BCUT2D eigenvalue weighted by Crippen LogP contribution is 2.19. The molecule has 0 spiro atoms. The third-order valence-corrected chi connectivity index (χ3v) is 2.91. The summed E-state index contributed by atoms with van der Waals surface area (Å²) in [5.41, 5.74) is 2.33. The molecule has 1 saturated heterocycles. The molecular weight excluding hydrogens is 289 g/mol. The number of hydrogen-bond acceptors (Lipinski definition) is 5. The largest absolute Gasteiger partial charge is 0.464 e. The van der Waals surface area contributed by atoms with E-state index in [1.807, 2.05) is 13.0 Å². The summed E-state index contributed by atoms with van der Waals surface area (Å²) in [7, 11) is 1.36. The van der Waals surface area contributed by atoms with Crippen LogP contribution in [0, 0.1) is 6.92 Å². The second-order valence-corrected chi connectivity index (χ2v) is 4.03. The van der Waals surface area contributed by atoms with Crippen LogP contribution in [-0.2, 0) is 4.74 Å². The summed E-state index contributed by atoms with van der Waals surface area (Å²) in [5.74, 6) is -0.389. The SMILES string of the molecule is COC(=O)c1ccc(N2CCNCC2)c(C)n1.Cl.Cl. The maximum absolute atomic E-state index is 11.3. The van der Waals surface area contributed by atoms with Gasteiger partial charge in [-0.05, 0) is 19.1 Å². The number of hydrogen-bond donors (Lipinski definition) is 1. The van der Waals surface area contributed by atoms with Gasteiger partial charge >= 0.3 is 5.97 Å². The standard InChI is InChI=1S/C12H17N3O2.2ClH/c1-9-11(15-7-5-13-6-8-15)4-3-10(14-9)12(16)17-2;;/h3-4,13H,5-8H2,1-2H3;2*1H. The lowest BCUT2D eigenvalue weighted by Crippen LogP contribution is -2.43. The van der Waals surface area contributed by atoms with E-state index in [9.17, 15) is 4.79 Å². The summed E-state index contributed by atoms with van der Waals surface area (Å²) < 4.78 is 4.65. The van der Waals surface area contributed by atoms with Gasteiger partial charge in [-0.1, -0.05) is 0 Å². The van der Waals surface area contributed by atoms with Crippen molar-refractivity contribution in [2.75, 3.05) is 38.2 Å². The number of nitrogens with zero attached hydrogens (tertiary/aromatic N) is 2. The quantitative estimate of drug-likeness (QED) is 0.838. The van der Waals surface area contributed by atoms with E-state index < -0.39 is 0 Å². The molecule has 0 saturated carbocycles. The molecule has 108 valence electrons. The van der Waals surface area contributed by atoms with Gasteiger partial charge in [0.1, 0.15) is 5.69 Å². The van der Waals surface area contributed by atoms with Crippen molar-refractivity contribution in [2.45, 2.75) is 6.92 Å². The lowest BCUT2D eigenvalue weighted by molar-refractivity contribution is 0.0594. The Kier molecular flexibility index (Phi) is 7.75. The van der Waals surface area contributed by atoms with E-state index in [4.69, 9.17) is 0 Å². The zero-order valence-electron chi connectivity index (χ0n) is 11.0. The number of esters is 1. The van der Waals surface area contributed by atoms with Gasteiger partial charge in [0.15, 0.2) is 0 Å². The number of ether oxygens (including phenoxy) is 1. The fourth-order valence-electron chi connectivity index (χ4n) is 2.01. The summed E-state index contributed by atoms with van der Waals surface area (Å²) >= 11 is 0. The van der Waals surface area contributed by atoms with Crippen LogP contribution in [0.25, 0.3) is 0 Å².